The maximum Gasteiger partial charge on any atom is 0.239 e. The van der Waals surface area contributed by atoms with Gasteiger partial charge >= 0.3 is 0 Å². The van der Waals surface area contributed by atoms with Crippen LogP contribution in [-0.2, 0) is 14.8 Å². The number of sulfonamides is 1. The Morgan fingerprint density at radius 2 is 1.95 bits per heavy atom. The predicted molar refractivity (Wildman–Crippen MR) is 75.5 cm³/mol. The van der Waals surface area contributed by atoms with Crippen molar-refractivity contribution in [1.29, 1.82) is 0 Å². The zero-order valence-corrected chi connectivity index (χ0v) is 12.6. The molecule has 0 radical (unpaired) electrons. The average molecular weight is 305 g/mol. The summed E-state index contributed by atoms with van der Waals surface area (Å²) in [6, 6.07) is 4.08. The number of amides is 1. The third kappa shape index (κ3) is 5.18. The zero-order valence-electron chi connectivity index (χ0n) is 11.0. The van der Waals surface area contributed by atoms with Gasteiger partial charge in [0.15, 0.2) is 0 Å². The fourth-order valence-electron chi connectivity index (χ4n) is 1.50. The van der Waals surface area contributed by atoms with E-state index in [0.29, 0.717) is 12.1 Å². The number of hydrogen-bond donors (Lipinski definition) is 2. The fourth-order valence-corrected chi connectivity index (χ4v) is 2.59. The van der Waals surface area contributed by atoms with Gasteiger partial charge in [0.05, 0.1) is 5.02 Å². The van der Waals surface area contributed by atoms with Crippen LogP contribution < -0.4 is 10.5 Å². The van der Waals surface area contributed by atoms with E-state index in [4.69, 9.17) is 16.7 Å². The summed E-state index contributed by atoms with van der Waals surface area (Å²) in [7, 11) is -3.85. The van der Waals surface area contributed by atoms with Crippen LogP contribution in [0.1, 0.15) is 27.2 Å². The van der Waals surface area contributed by atoms with Crippen molar-refractivity contribution in [3.8, 4) is 0 Å². The van der Waals surface area contributed by atoms with Crippen LogP contribution in [0.3, 0.4) is 0 Å². The van der Waals surface area contributed by atoms with Crippen LogP contribution in [0.25, 0.3) is 0 Å². The average Bonchev–Trinajstić information content (AvgIpc) is 2.11. The highest BCUT2D eigenvalue weighted by atomic mass is 35.5. The minimum Gasteiger partial charge on any atom is -0.326 e. The highest BCUT2D eigenvalue weighted by Gasteiger charge is 2.17. The molecule has 0 aliphatic heterocycles. The molecule has 0 aliphatic rings. The van der Waals surface area contributed by atoms with E-state index in [1.807, 2.05) is 20.8 Å². The first-order chi connectivity index (χ1) is 8.49. The fraction of sp³-hybridized carbons (Fsp3) is 0.417. The minimum atomic E-state index is -3.85. The Kier molecular flexibility index (Phi) is 4.60. The van der Waals surface area contributed by atoms with Gasteiger partial charge < -0.3 is 5.32 Å². The lowest BCUT2D eigenvalue weighted by Crippen LogP contribution is -2.19. The van der Waals surface area contributed by atoms with E-state index < -0.39 is 10.0 Å². The molecule has 106 valence electrons. The molecule has 0 atom stereocenters. The van der Waals surface area contributed by atoms with E-state index in [-0.39, 0.29) is 21.2 Å². The molecule has 1 amide bonds. The van der Waals surface area contributed by atoms with E-state index >= 15 is 0 Å². The Morgan fingerprint density at radius 1 is 1.37 bits per heavy atom. The molecule has 0 saturated heterocycles. The van der Waals surface area contributed by atoms with Crippen molar-refractivity contribution in [1.82, 2.24) is 0 Å². The van der Waals surface area contributed by atoms with Crippen LogP contribution in [0.4, 0.5) is 5.69 Å². The summed E-state index contributed by atoms with van der Waals surface area (Å²) in [6.07, 6.45) is 0.349. The van der Waals surface area contributed by atoms with Crippen molar-refractivity contribution < 1.29 is 13.2 Å². The van der Waals surface area contributed by atoms with Gasteiger partial charge in [-0.3, -0.25) is 4.79 Å². The van der Waals surface area contributed by atoms with Gasteiger partial charge in [-0.05, 0) is 23.6 Å². The molecular weight excluding hydrogens is 288 g/mol. The number of carbonyl (C=O) groups is 1. The topological polar surface area (TPSA) is 89.3 Å². The van der Waals surface area contributed by atoms with Crippen LogP contribution in [-0.4, -0.2) is 14.3 Å². The molecular formula is C12H17ClN2O3S. The molecule has 19 heavy (non-hydrogen) atoms. The number of nitrogens with one attached hydrogen (secondary N) is 1. The number of anilines is 1. The molecule has 0 unspecified atom stereocenters. The van der Waals surface area contributed by atoms with Crippen LogP contribution >= 0.6 is 11.6 Å². The van der Waals surface area contributed by atoms with E-state index in [9.17, 15) is 13.2 Å². The quantitative estimate of drug-likeness (QED) is 0.898. The Balaban J connectivity index is 2.89. The zero-order chi connectivity index (χ0) is 14.8. The summed E-state index contributed by atoms with van der Waals surface area (Å²) in [4.78, 5) is 11.6. The van der Waals surface area contributed by atoms with Gasteiger partial charge in [0.1, 0.15) is 4.90 Å². The van der Waals surface area contributed by atoms with Crippen molar-refractivity contribution in [2.75, 3.05) is 5.32 Å². The Morgan fingerprint density at radius 3 is 2.37 bits per heavy atom. The summed E-state index contributed by atoms with van der Waals surface area (Å²) in [5, 5.41) is 7.63. The van der Waals surface area contributed by atoms with Crippen molar-refractivity contribution in [3.05, 3.63) is 23.2 Å². The van der Waals surface area contributed by atoms with Gasteiger partial charge in [-0.15, -0.1) is 0 Å². The number of carbonyl (C=O) groups excluding carboxylic acids is 1. The SMILES string of the molecule is CC(C)(C)CC(=O)Nc1ccc(S(N)(=O)=O)c(Cl)c1. The molecule has 1 aromatic carbocycles. The first kappa shape index (κ1) is 15.9. The molecule has 5 nitrogen and oxygen atoms in total. The number of halogens is 1. The smallest absolute Gasteiger partial charge is 0.239 e. The first-order valence-corrected chi connectivity index (χ1v) is 7.54. The molecule has 0 spiro atoms. The second kappa shape index (κ2) is 5.48. The largest absolute Gasteiger partial charge is 0.326 e. The van der Waals surface area contributed by atoms with Crippen molar-refractivity contribution in [2.24, 2.45) is 10.6 Å². The molecule has 0 saturated carbocycles. The number of nitrogens with two attached hydrogens (primary N) is 1. The molecule has 1 aromatic rings. The van der Waals surface area contributed by atoms with E-state index in [0.717, 1.165) is 0 Å². The Labute approximate surface area is 118 Å². The summed E-state index contributed by atoms with van der Waals surface area (Å²) in [5.74, 6) is -0.160. The molecule has 7 heteroatoms. The minimum absolute atomic E-state index is 0.0175. The molecule has 0 aromatic heterocycles. The van der Waals surface area contributed by atoms with Gasteiger partial charge in [0.25, 0.3) is 0 Å². The van der Waals surface area contributed by atoms with Crippen LogP contribution in [0.5, 0.6) is 0 Å². The number of benzene rings is 1. The maximum absolute atomic E-state index is 11.7. The standard InChI is InChI=1S/C12H17ClN2O3S/c1-12(2,3)7-11(16)15-8-4-5-10(9(13)6-8)19(14,17)18/h4-6H,7H2,1-3H3,(H,15,16)(H2,14,17,18). The van der Waals surface area contributed by atoms with Crippen molar-refractivity contribution in [2.45, 2.75) is 32.1 Å². The van der Waals surface area contributed by atoms with Crippen molar-refractivity contribution >= 4 is 33.2 Å². The van der Waals surface area contributed by atoms with Crippen LogP contribution in [0.2, 0.25) is 5.02 Å². The van der Waals surface area contributed by atoms with Crippen LogP contribution in [0.15, 0.2) is 23.1 Å². The number of primary sulfonamides is 1. The lowest BCUT2D eigenvalue weighted by atomic mass is 9.92. The van der Waals surface area contributed by atoms with E-state index in [2.05, 4.69) is 5.32 Å². The third-order valence-electron chi connectivity index (χ3n) is 2.21. The van der Waals surface area contributed by atoms with Gasteiger partial charge in [-0.2, -0.15) is 0 Å². The second-order valence-corrected chi connectivity index (χ2v) is 7.41. The van der Waals surface area contributed by atoms with Gasteiger partial charge in [0.2, 0.25) is 15.9 Å². The van der Waals surface area contributed by atoms with Crippen molar-refractivity contribution in [3.63, 3.8) is 0 Å². The highest BCUT2D eigenvalue weighted by molar-refractivity contribution is 7.89. The maximum atomic E-state index is 11.7. The lowest BCUT2D eigenvalue weighted by Gasteiger charge is -2.17. The lowest BCUT2D eigenvalue weighted by molar-refractivity contribution is -0.117. The van der Waals surface area contributed by atoms with E-state index in [1.165, 1.54) is 18.2 Å². The summed E-state index contributed by atoms with van der Waals surface area (Å²) in [5.41, 5.74) is 0.306. The van der Waals surface area contributed by atoms with Gasteiger partial charge in [-0.25, -0.2) is 13.6 Å². The Hall–Kier alpha value is -1.11. The monoisotopic (exact) mass is 304 g/mol. The second-order valence-electron chi connectivity index (χ2n) is 5.48. The molecule has 0 bridgehead atoms. The normalized spacial score (nSPS) is 12.3. The summed E-state index contributed by atoms with van der Waals surface area (Å²) < 4.78 is 22.4. The van der Waals surface area contributed by atoms with E-state index in [1.54, 1.807) is 0 Å². The first-order valence-electron chi connectivity index (χ1n) is 5.61. The van der Waals surface area contributed by atoms with Crippen LogP contribution in [0, 0.1) is 5.41 Å². The molecule has 3 N–H and O–H groups in total. The summed E-state index contributed by atoms with van der Waals surface area (Å²) >= 11 is 5.82. The molecule has 0 heterocycles. The number of rotatable bonds is 3. The third-order valence-corrected chi connectivity index (χ3v) is 3.61. The molecule has 0 aliphatic carbocycles. The van der Waals surface area contributed by atoms with Gasteiger partial charge in [0, 0.05) is 12.1 Å². The Bertz CT molecular complexity index is 591. The van der Waals surface area contributed by atoms with Gasteiger partial charge in [-0.1, -0.05) is 32.4 Å². The summed E-state index contributed by atoms with van der Waals surface area (Å²) in [6.45, 7) is 5.84. The predicted octanol–water partition coefficient (Wildman–Crippen LogP) is 2.36. The molecule has 1 rings (SSSR count). The molecule has 0 fully saturated rings. The number of hydrogen-bond acceptors (Lipinski definition) is 3. The highest BCUT2D eigenvalue weighted by Crippen LogP contribution is 2.25.